The minimum Gasteiger partial charge on any atom is -0.493 e. The van der Waals surface area contributed by atoms with Crippen molar-refractivity contribution < 1.29 is 14.3 Å². The molecule has 1 amide bonds. The van der Waals surface area contributed by atoms with Gasteiger partial charge in [-0.1, -0.05) is 18.2 Å². The summed E-state index contributed by atoms with van der Waals surface area (Å²) in [6.45, 7) is 0. The fraction of sp³-hybridized carbons (Fsp3) is 0.278. The van der Waals surface area contributed by atoms with Gasteiger partial charge in [-0.2, -0.15) is 0 Å². The minimum atomic E-state index is 0.0634. The van der Waals surface area contributed by atoms with Gasteiger partial charge in [0.2, 0.25) is 0 Å². The Labute approximate surface area is 139 Å². The summed E-state index contributed by atoms with van der Waals surface area (Å²) in [7, 11) is 3.28. The molecule has 2 aliphatic heterocycles. The summed E-state index contributed by atoms with van der Waals surface area (Å²) in [5.74, 6) is 2.22. The number of fused-ring (bicyclic) bond motifs is 4. The smallest absolute Gasteiger partial charge is 0.255 e. The van der Waals surface area contributed by atoms with Crippen molar-refractivity contribution in [1.29, 1.82) is 0 Å². The second-order valence-electron chi connectivity index (χ2n) is 5.67. The van der Waals surface area contributed by atoms with Crippen molar-refractivity contribution in [3.05, 3.63) is 53.1 Å². The van der Waals surface area contributed by atoms with Gasteiger partial charge in [0.1, 0.15) is 0 Å². The van der Waals surface area contributed by atoms with Gasteiger partial charge in [0.15, 0.2) is 11.5 Å². The van der Waals surface area contributed by atoms with Crippen molar-refractivity contribution >= 4 is 17.7 Å². The van der Waals surface area contributed by atoms with E-state index >= 15 is 0 Å². The molecule has 2 aromatic rings. The second kappa shape index (κ2) is 5.49. The molecule has 1 unspecified atom stereocenters. The molecule has 5 heteroatoms. The molecule has 1 atom stereocenters. The van der Waals surface area contributed by atoms with Gasteiger partial charge >= 0.3 is 0 Å². The van der Waals surface area contributed by atoms with E-state index in [-0.39, 0.29) is 11.9 Å². The summed E-state index contributed by atoms with van der Waals surface area (Å²) < 4.78 is 10.8. The molecule has 0 saturated heterocycles. The average molecular weight is 327 g/mol. The van der Waals surface area contributed by atoms with Crippen LogP contribution in [0.2, 0.25) is 0 Å². The number of carbonyl (C=O) groups excluding carboxylic acids is 1. The number of hydrogen-bond donors (Lipinski definition) is 0. The van der Waals surface area contributed by atoms with Gasteiger partial charge in [-0.25, -0.2) is 0 Å². The molecule has 0 radical (unpaired) electrons. The molecule has 23 heavy (non-hydrogen) atoms. The standard InChI is InChI=1S/C18H17NO3S/c1-21-15-8-13-14-7-11-5-3-4-6-12(11)18(20)19(14)10-23-17(13)9-16(15)22-2/h3-6,8-9,14H,7,10H2,1-2H3. The second-order valence-corrected chi connectivity index (χ2v) is 6.66. The molecule has 0 fully saturated rings. The van der Waals surface area contributed by atoms with Crippen LogP contribution >= 0.6 is 11.8 Å². The fourth-order valence-electron chi connectivity index (χ4n) is 3.35. The largest absolute Gasteiger partial charge is 0.493 e. The number of benzene rings is 2. The van der Waals surface area contributed by atoms with Crippen LogP contribution < -0.4 is 9.47 Å². The number of hydrogen-bond acceptors (Lipinski definition) is 4. The monoisotopic (exact) mass is 327 g/mol. The van der Waals surface area contributed by atoms with Crippen LogP contribution in [0.5, 0.6) is 11.5 Å². The molecule has 0 bridgehead atoms. The Morgan fingerprint density at radius 1 is 1.13 bits per heavy atom. The molecule has 0 saturated carbocycles. The molecular formula is C18H17NO3S. The molecule has 0 aromatic heterocycles. The van der Waals surface area contributed by atoms with Gasteiger partial charge in [-0.15, -0.1) is 11.8 Å². The molecule has 4 nitrogen and oxygen atoms in total. The third-order valence-electron chi connectivity index (χ3n) is 4.53. The van der Waals surface area contributed by atoms with Crippen LogP contribution in [-0.2, 0) is 6.42 Å². The maximum atomic E-state index is 12.8. The van der Waals surface area contributed by atoms with Crippen LogP contribution in [0.4, 0.5) is 0 Å². The molecule has 0 N–H and O–H groups in total. The van der Waals surface area contributed by atoms with E-state index in [1.54, 1.807) is 26.0 Å². The van der Waals surface area contributed by atoms with Gasteiger partial charge < -0.3 is 14.4 Å². The summed E-state index contributed by atoms with van der Waals surface area (Å²) in [6.07, 6.45) is 0.838. The van der Waals surface area contributed by atoms with Crippen molar-refractivity contribution in [3.63, 3.8) is 0 Å². The van der Waals surface area contributed by atoms with E-state index in [0.717, 1.165) is 33.8 Å². The lowest BCUT2D eigenvalue weighted by Crippen LogP contribution is -2.42. The molecule has 2 aromatic carbocycles. The van der Waals surface area contributed by atoms with Crippen molar-refractivity contribution in [1.82, 2.24) is 4.90 Å². The van der Waals surface area contributed by atoms with Crippen LogP contribution in [-0.4, -0.2) is 30.9 Å². The summed E-state index contributed by atoms with van der Waals surface area (Å²) in [5.41, 5.74) is 3.08. The summed E-state index contributed by atoms with van der Waals surface area (Å²) >= 11 is 1.67. The van der Waals surface area contributed by atoms with Crippen molar-refractivity contribution in [3.8, 4) is 11.5 Å². The Bertz CT molecular complexity index is 790. The molecular weight excluding hydrogens is 310 g/mol. The maximum Gasteiger partial charge on any atom is 0.255 e. The Morgan fingerprint density at radius 2 is 1.87 bits per heavy atom. The predicted octanol–water partition coefficient (Wildman–Crippen LogP) is 3.51. The Balaban J connectivity index is 1.83. The quantitative estimate of drug-likeness (QED) is 0.846. The summed E-state index contributed by atoms with van der Waals surface area (Å²) in [4.78, 5) is 15.9. The lowest BCUT2D eigenvalue weighted by molar-refractivity contribution is 0.0684. The van der Waals surface area contributed by atoms with Gasteiger partial charge in [0, 0.05) is 10.5 Å². The highest BCUT2D eigenvalue weighted by Crippen LogP contribution is 2.46. The van der Waals surface area contributed by atoms with E-state index in [4.69, 9.17) is 9.47 Å². The van der Waals surface area contributed by atoms with E-state index in [1.165, 1.54) is 0 Å². The van der Waals surface area contributed by atoms with E-state index in [1.807, 2.05) is 41.3 Å². The maximum absolute atomic E-state index is 12.8. The summed E-state index contributed by atoms with van der Waals surface area (Å²) in [5, 5.41) is 0. The van der Waals surface area contributed by atoms with Crippen LogP contribution in [0.1, 0.15) is 27.5 Å². The summed E-state index contributed by atoms with van der Waals surface area (Å²) in [6, 6.07) is 12.0. The van der Waals surface area contributed by atoms with E-state index in [0.29, 0.717) is 11.6 Å². The number of nitrogens with zero attached hydrogens (tertiary/aromatic N) is 1. The highest BCUT2D eigenvalue weighted by atomic mass is 32.2. The van der Waals surface area contributed by atoms with Crippen LogP contribution in [0.25, 0.3) is 0 Å². The number of thioether (sulfide) groups is 1. The van der Waals surface area contributed by atoms with Gasteiger partial charge in [0.25, 0.3) is 5.91 Å². The molecule has 2 aliphatic rings. The fourth-order valence-corrected chi connectivity index (χ4v) is 4.48. The van der Waals surface area contributed by atoms with Crippen molar-refractivity contribution in [2.75, 3.05) is 20.1 Å². The lowest BCUT2D eigenvalue weighted by atomic mass is 9.89. The molecule has 0 aliphatic carbocycles. The average Bonchev–Trinajstić information content (AvgIpc) is 2.60. The molecule has 118 valence electrons. The van der Waals surface area contributed by atoms with Crippen molar-refractivity contribution in [2.45, 2.75) is 17.4 Å². The zero-order chi connectivity index (χ0) is 16.0. The van der Waals surface area contributed by atoms with Gasteiger partial charge in [-0.05, 0) is 35.7 Å². The molecule has 2 heterocycles. The number of rotatable bonds is 2. The minimum absolute atomic E-state index is 0.0634. The topological polar surface area (TPSA) is 38.8 Å². The zero-order valence-corrected chi connectivity index (χ0v) is 13.9. The van der Waals surface area contributed by atoms with Crippen LogP contribution in [0.15, 0.2) is 41.3 Å². The normalized spacial score (nSPS) is 18.8. The third-order valence-corrected chi connectivity index (χ3v) is 5.60. The highest BCUT2D eigenvalue weighted by molar-refractivity contribution is 7.99. The van der Waals surface area contributed by atoms with Gasteiger partial charge in [0.05, 0.1) is 26.1 Å². The molecule has 0 spiro atoms. The Morgan fingerprint density at radius 3 is 2.65 bits per heavy atom. The molecule has 4 rings (SSSR count). The SMILES string of the molecule is COc1cc2c(cc1OC)C1Cc3ccccc3C(=O)N1CS2. The van der Waals surface area contributed by atoms with Crippen LogP contribution in [0, 0.1) is 0 Å². The lowest BCUT2D eigenvalue weighted by Gasteiger charge is -2.40. The predicted molar refractivity (Wildman–Crippen MR) is 89.3 cm³/mol. The number of methoxy groups -OCH3 is 2. The first kappa shape index (κ1) is 14.5. The van der Waals surface area contributed by atoms with Gasteiger partial charge in [-0.3, -0.25) is 4.79 Å². The number of carbonyl (C=O) groups is 1. The highest BCUT2D eigenvalue weighted by Gasteiger charge is 2.37. The van der Waals surface area contributed by atoms with Crippen LogP contribution in [0.3, 0.4) is 0 Å². The van der Waals surface area contributed by atoms with E-state index in [2.05, 4.69) is 0 Å². The first-order chi connectivity index (χ1) is 11.2. The number of amides is 1. The first-order valence-corrected chi connectivity index (χ1v) is 8.49. The Kier molecular flexibility index (Phi) is 3.45. The van der Waals surface area contributed by atoms with Crippen molar-refractivity contribution in [2.24, 2.45) is 0 Å². The third kappa shape index (κ3) is 2.18. The first-order valence-electron chi connectivity index (χ1n) is 7.50. The zero-order valence-electron chi connectivity index (χ0n) is 13.0. The van der Waals surface area contributed by atoms with E-state index in [9.17, 15) is 4.79 Å². The van der Waals surface area contributed by atoms with E-state index < -0.39 is 0 Å². The Hall–Kier alpha value is -2.14. The number of ether oxygens (including phenoxy) is 2.